The molecule has 1 fully saturated rings. The first kappa shape index (κ1) is 8.37. The van der Waals surface area contributed by atoms with Crippen LogP contribution in [0.1, 0.15) is 20.8 Å². The minimum Gasteiger partial charge on any atom is -0.447 e. The number of nitrogens with zero attached hydrogens (tertiary/aromatic N) is 1. The van der Waals surface area contributed by atoms with E-state index in [4.69, 9.17) is 4.74 Å². The molecule has 1 rings (SSSR count). The van der Waals surface area contributed by atoms with Gasteiger partial charge in [0.2, 0.25) is 0 Å². The second-order valence-corrected chi connectivity index (χ2v) is 3.44. The first-order valence-electron chi connectivity index (χ1n) is 4.05. The zero-order valence-corrected chi connectivity index (χ0v) is 7.33. The molecule has 1 heterocycles. The van der Waals surface area contributed by atoms with Crippen molar-refractivity contribution in [3.63, 3.8) is 0 Å². The molecule has 1 amide bonds. The molecule has 0 radical (unpaired) electrons. The van der Waals surface area contributed by atoms with Crippen molar-refractivity contribution in [3.8, 4) is 0 Å². The highest BCUT2D eigenvalue weighted by Crippen LogP contribution is 2.15. The van der Waals surface area contributed by atoms with Gasteiger partial charge in [-0.2, -0.15) is 0 Å². The second-order valence-electron chi connectivity index (χ2n) is 3.44. The van der Waals surface area contributed by atoms with E-state index in [0.717, 1.165) is 13.1 Å². The van der Waals surface area contributed by atoms with E-state index >= 15 is 0 Å². The van der Waals surface area contributed by atoms with Crippen molar-refractivity contribution in [2.45, 2.75) is 26.9 Å². The van der Waals surface area contributed by atoms with Crippen LogP contribution in [0.15, 0.2) is 0 Å². The Balaban J connectivity index is 2.21. The number of carbonyl (C=O) groups is 1. The van der Waals surface area contributed by atoms with E-state index in [0.29, 0.717) is 5.92 Å². The molecule has 0 bridgehead atoms. The van der Waals surface area contributed by atoms with E-state index in [-0.39, 0.29) is 12.2 Å². The molecular formula is C8H15NO2. The van der Waals surface area contributed by atoms with Crippen LogP contribution in [-0.4, -0.2) is 30.2 Å². The van der Waals surface area contributed by atoms with E-state index in [1.165, 1.54) is 0 Å². The van der Waals surface area contributed by atoms with Gasteiger partial charge in [-0.1, -0.05) is 6.92 Å². The quantitative estimate of drug-likeness (QED) is 0.577. The topological polar surface area (TPSA) is 29.5 Å². The number of ether oxygens (including phenoxy) is 1. The molecule has 0 atom stereocenters. The fraction of sp³-hybridized carbons (Fsp3) is 0.875. The summed E-state index contributed by atoms with van der Waals surface area (Å²) in [6.45, 7) is 7.55. The summed E-state index contributed by atoms with van der Waals surface area (Å²) < 4.78 is 4.99. The van der Waals surface area contributed by atoms with Gasteiger partial charge in [0.25, 0.3) is 0 Å². The fourth-order valence-electron chi connectivity index (χ4n) is 1.12. The van der Waals surface area contributed by atoms with E-state index in [2.05, 4.69) is 6.92 Å². The summed E-state index contributed by atoms with van der Waals surface area (Å²) in [5.41, 5.74) is 0. The molecule has 11 heavy (non-hydrogen) atoms. The smallest absolute Gasteiger partial charge is 0.410 e. The molecule has 0 spiro atoms. The molecule has 3 heteroatoms. The Morgan fingerprint density at radius 3 is 2.45 bits per heavy atom. The molecule has 0 aromatic rings. The summed E-state index contributed by atoms with van der Waals surface area (Å²) in [7, 11) is 0. The molecule has 0 N–H and O–H groups in total. The third-order valence-corrected chi connectivity index (χ3v) is 1.66. The monoisotopic (exact) mass is 157 g/mol. The van der Waals surface area contributed by atoms with Gasteiger partial charge in [-0.3, -0.25) is 0 Å². The fourth-order valence-corrected chi connectivity index (χ4v) is 1.12. The Labute approximate surface area is 67.3 Å². The van der Waals surface area contributed by atoms with Crippen molar-refractivity contribution in [2.24, 2.45) is 5.92 Å². The minimum atomic E-state index is -0.168. The highest BCUT2D eigenvalue weighted by molar-refractivity contribution is 5.68. The average Bonchev–Trinajstić information content (AvgIpc) is 1.79. The van der Waals surface area contributed by atoms with Gasteiger partial charge in [0.15, 0.2) is 0 Å². The maximum absolute atomic E-state index is 11.1. The lowest BCUT2D eigenvalue weighted by molar-refractivity contribution is 0.0406. The third kappa shape index (κ3) is 2.10. The number of hydrogen-bond acceptors (Lipinski definition) is 2. The van der Waals surface area contributed by atoms with Gasteiger partial charge in [0, 0.05) is 13.1 Å². The molecule has 0 unspecified atom stereocenters. The first-order valence-corrected chi connectivity index (χ1v) is 4.05. The summed E-state index contributed by atoms with van der Waals surface area (Å²) in [6, 6.07) is 0. The van der Waals surface area contributed by atoms with E-state index in [1.54, 1.807) is 4.90 Å². The van der Waals surface area contributed by atoms with Gasteiger partial charge >= 0.3 is 6.09 Å². The Morgan fingerprint density at radius 2 is 2.09 bits per heavy atom. The SMILES string of the molecule is CC1CN(C(=O)OC(C)C)C1. The Kier molecular flexibility index (Phi) is 2.37. The van der Waals surface area contributed by atoms with Crippen molar-refractivity contribution in [1.29, 1.82) is 0 Å². The van der Waals surface area contributed by atoms with Crippen molar-refractivity contribution < 1.29 is 9.53 Å². The van der Waals surface area contributed by atoms with Gasteiger partial charge in [0.05, 0.1) is 6.10 Å². The minimum absolute atomic E-state index is 0.00148. The third-order valence-electron chi connectivity index (χ3n) is 1.66. The molecule has 0 aromatic heterocycles. The number of carbonyl (C=O) groups excluding carboxylic acids is 1. The van der Waals surface area contributed by atoms with E-state index in [1.807, 2.05) is 13.8 Å². The lowest BCUT2D eigenvalue weighted by Gasteiger charge is -2.36. The molecule has 0 aromatic carbocycles. The van der Waals surface area contributed by atoms with Gasteiger partial charge in [-0.05, 0) is 19.8 Å². The maximum atomic E-state index is 11.1. The summed E-state index contributed by atoms with van der Waals surface area (Å²) in [5, 5.41) is 0. The van der Waals surface area contributed by atoms with Crippen LogP contribution in [-0.2, 0) is 4.74 Å². The summed E-state index contributed by atoms with van der Waals surface area (Å²) >= 11 is 0. The summed E-state index contributed by atoms with van der Waals surface area (Å²) in [4.78, 5) is 12.8. The van der Waals surface area contributed by atoms with Crippen molar-refractivity contribution >= 4 is 6.09 Å². The summed E-state index contributed by atoms with van der Waals surface area (Å²) in [5.74, 6) is 0.648. The van der Waals surface area contributed by atoms with Crippen LogP contribution in [0.5, 0.6) is 0 Å². The van der Waals surface area contributed by atoms with Crippen LogP contribution >= 0.6 is 0 Å². The van der Waals surface area contributed by atoms with E-state index in [9.17, 15) is 4.79 Å². The van der Waals surface area contributed by atoms with Gasteiger partial charge in [-0.25, -0.2) is 4.79 Å². The van der Waals surface area contributed by atoms with Crippen LogP contribution in [0.3, 0.4) is 0 Å². The maximum Gasteiger partial charge on any atom is 0.410 e. The average molecular weight is 157 g/mol. The summed E-state index contributed by atoms with van der Waals surface area (Å²) in [6.07, 6.45) is -0.170. The molecule has 1 aliphatic heterocycles. The Hall–Kier alpha value is -0.730. The molecule has 64 valence electrons. The predicted molar refractivity (Wildman–Crippen MR) is 42.4 cm³/mol. The molecule has 1 aliphatic rings. The largest absolute Gasteiger partial charge is 0.447 e. The van der Waals surface area contributed by atoms with Crippen LogP contribution in [0, 0.1) is 5.92 Å². The van der Waals surface area contributed by atoms with Crippen molar-refractivity contribution in [1.82, 2.24) is 4.90 Å². The van der Waals surface area contributed by atoms with Crippen molar-refractivity contribution in [2.75, 3.05) is 13.1 Å². The lowest BCUT2D eigenvalue weighted by Crippen LogP contribution is -2.49. The Morgan fingerprint density at radius 1 is 1.55 bits per heavy atom. The Bertz CT molecular complexity index is 150. The van der Waals surface area contributed by atoms with Gasteiger partial charge in [0.1, 0.15) is 0 Å². The van der Waals surface area contributed by atoms with Crippen LogP contribution in [0.25, 0.3) is 0 Å². The molecular weight excluding hydrogens is 142 g/mol. The standard InChI is InChI=1S/C8H15NO2/c1-6(2)11-8(10)9-4-7(3)5-9/h6-7H,4-5H2,1-3H3. The molecule has 0 saturated carbocycles. The van der Waals surface area contributed by atoms with Crippen molar-refractivity contribution in [3.05, 3.63) is 0 Å². The number of likely N-dealkylation sites (tertiary alicyclic amines) is 1. The van der Waals surface area contributed by atoms with Crippen LogP contribution in [0.4, 0.5) is 4.79 Å². The highest BCUT2D eigenvalue weighted by Gasteiger charge is 2.28. The molecule has 0 aliphatic carbocycles. The lowest BCUT2D eigenvalue weighted by atomic mass is 10.0. The first-order chi connectivity index (χ1) is 5.09. The number of hydrogen-bond donors (Lipinski definition) is 0. The normalized spacial score (nSPS) is 18.4. The highest BCUT2D eigenvalue weighted by atomic mass is 16.6. The molecule has 3 nitrogen and oxygen atoms in total. The predicted octanol–water partition coefficient (Wildman–Crippen LogP) is 1.48. The molecule has 1 saturated heterocycles. The van der Waals surface area contributed by atoms with E-state index < -0.39 is 0 Å². The number of rotatable bonds is 1. The van der Waals surface area contributed by atoms with Gasteiger partial charge in [-0.15, -0.1) is 0 Å². The van der Waals surface area contributed by atoms with Crippen LogP contribution < -0.4 is 0 Å². The zero-order chi connectivity index (χ0) is 8.43. The number of amides is 1. The van der Waals surface area contributed by atoms with Gasteiger partial charge < -0.3 is 9.64 Å². The second kappa shape index (κ2) is 3.11. The van der Waals surface area contributed by atoms with Crippen LogP contribution in [0.2, 0.25) is 0 Å². The zero-order valence-electron chi connectivity index (χ0n) is 7.33.